The summed E-state index contributed by atoms with van der Waals surface area (Å²) in [5, 5.41) is 0. The van der Waals surface area contributed by atoms with Crippen LogP contribution >= 0.6 is 0 Å². The molecule has 2 aromatic heterocycles. The highest BCUT2D eigenvalue weighted by Crippen LogP contribution is 2.40. The summed E-state index contributed by atoms with van der Waals surface area (Å²) in [6.45, 7) is 3.75. The number of rotatable bonds is 5. The first-order chi connectivity index (χ1) is 10.6. The number of ether oxygens (including phenoxy) is 3. The minimum absolute atomic E-state index is 0.272. The Hall–Kier alpha value is -2.63. The van der Waals surface area contributed by atoms with E-state index in [2.05, 4.69) is 9.97 Å². The molecule has 0 aliphatic rings. The summed E-state index contributed by atoms with van der Waals surface area (Å²) < 4.78 is 15.9. The molecule has 6 heteroatoms. The lowest BCUT2D eigenvalue weighted by Crippen LogP contribution is -2.12. The molecular weight excluding hydrogens is 284 g/mol. The lowest BCUT2D eigenvalue weighted by Gasteiger charge is -2.17. The van der Waals surface area contributed by atoms with E-state index in [1.165, 1.54) is 14.2 Å². The Morgan fingerprint density at radius 1 is 1.23 bits per heavy atom. The molecule has 22 heavy (non-hydrogen) atoms. The summed E-state index contributed by atoms with van der Waals surface area (Å²) >= 11 is 0. The molecule has 2 heterocycles. The third-order valence-corrected chi connectivity index (χ3v) is 3.11. The largest absolute Gasteiger partial charge is 0.492 e. The number of aromatic nitrogens is 2. The summed E-state index contributed by atoms with van der Waals surface area (Å²) in [7, 11) is 2.98. The molecule has 0 bridgehead atoms. The second kappa shape index (κ2) is 6.89. The molecule has 0 unspecified atom stereocenters. The summed E-state index contributed by atoms with van der Waals surface area (Å²) in [6.07, 6.45) is 3.35. The van der Waals surface area contributed by atoms with Gasteiger partial charge in [0.15, 0.2) is 11.5 Å². The lowest BCUT2D eigenvalue weighted by atomic mass is 10.1. The van der Waals surface area contributed by atoms with Crippen molar-refractivity contribution in [2.24, 2.45) is 0 Å². The van der Waals surface area contributed by atoms with Crippen LogP contribution in [0.15, 0.2) is 24.5 Å². The molecule has 2 aromatic rings. The summed E-state index contributed by atoms with van der Waals surface area (Å²) in [6, 6.07) is 3.66. The zero-order valence-corrected chi connectivity index (χ0v) is 13.0. The van der Waals surface area contributed by atoms with Gasteiger partial charge >= 0.3 is 5.97 Å². The van der Waals surface area contributed by atoms with Gasteiger partial charge in [0, 0.05) is 18.0 Å². The summed E-state index contributed by atoms with van der Waals surface area (Å²) in [5.74, 6) is 0.205. The predicted molar refractivity (Wildman–Crippen MR) is 81.3 cm³/mol. The summed E-state index contributed by atoms with van der Waals surface area (Å²) in [4.78, 5) is 20.7. The van der Waals surface area contributed by atoms with Gasteiger partial charge in [0.1, 0.15) is 11.3 Å². The van der Waals surface area contributed by atoms with Gasteiger partial charge in [-0.15, -0.1) is 0 Å². The maximum absolute atomic E-state index is 12.2. The fraction of sp³-hybridized carbons (Fsp3) is 0.312. The van der Waals surface area contributed by atoms with E-state index in [-0.39, 0.29) is 12.2 Å². The molecule has 0 radical (unpaired) electrons. The Morgan fingerprint density at radius 3 is 2.50 bits per heavy atom. The average Bonchev–Trinajstić information content (AvgIpc) is 2.54. The van der Waals surface area contributed by atoms with Crippen LogP contribution in [-0.2, 0) is 4.74 Å². The Morgan fingerprint density at radius 2 is 1.95 bits per heavy atom. The molecule has 6 nitrogen and oxygen atoms in total. The van der Waals surface area contributed by atoms with Crippen LogP contribution in [-0.4, -0.2) is 36.8 Å². The van der Waals surface area contributed by atoms with Crippen molar-refractivity contribution in [3.05, 3.63) is 35.8 Å². The lowest BCUT2D eigenvalue weighted by molar-refractivity contribution is 0.0520. The molecule has 0 fully saturated rings. The molecule has 0 saturated carbocycles. The van der Waals surface area contributed by atoms with E-state index in [1.807, 2.05) is 6.07 Å². The van der Waals surface area contributed by atoms with Crippen molar-refractivity contribution < 1.29 is 19.0 Å². The van der Waals surface area contributed by atoms with Crippen LogP contribution in [0.25, 0.3) is 11.3 Å². The van der Waals surface area contributed by atoms with Crippen LogP contribution < -0.4 is 9.47 Å². The number of hydrogen-bond donors (Lipinski definition) is 0. The Kier molecular flexibility index (Phi) is 4.93. The first-order valence-electron chi connectivity index (χ1n) is 6.84. The third-order valence-electron chi connectivity index (χ3n) is 3.11. The van der Waals surface area contributed by atoms with Crippen molar-refractivity contribution in [2.75, 3.05) is 20.8 Å². The maximum Gasteiger partial charge on any atom is 0.343 e. The van der Waals surface area contributed by atoms with Crippen LogP contribution in [0.3, 0.4) is 0 Å². The number of esters is 1. The van der Waals surface area contributed by atoms with Gasteiger partial charge in [-0.25, -0.2) is 9.78 Å². The van der Waals surface area contributed by atoms with Gasteiger partial charge in [-0.2, -0.15) is 0 Å². The third kappa shape index (κ3) is 2.86. The number of carbonyl (C=O) groups is 1. The minimum atomic E-state index is -0.486. The maximum atomic E-state index is 12.2. The van der Waals surface area contributed by atoms with E-state index in [0.717, 1.165) is 5.56 Å². The van der Waals surface area contributed by atoms with Crippen LogP contribution in [0, 0.1) is 6.92 Å². The number of methoxy groups -OCH3 is 2. The SMILES string of the molecule is CCOC(=O)c1c(C)nc(-c2cccnc2)c(OC)c1OC. The number of aryl methyl sites for hydroxylation is 1. The van der Waals surface area contributed by atoms with E-state index < -0.39 is 5.97 Å². The molecule has 0 amide bonds. The smallest absolute Gasteiger partial charge is 0.343 e. The Labute approximate surface area is 129 Å². The highest BCUT2D eigenvalue weighted by atomic mass is 16.5. The molecule has 116 valence electrons. The molecule has 0 aromatic carbocycles. The predicted octanol–water partition coefficient (Wildman–Crippen LogP) is 2.65. The highest BCUT2D eigenvalue weighted by molar-refractivity contribution is 5.96. The zero-order valence-electron chi connectivity index (χ0n) is 13.0. The number of hydrogen-bond acceptors (Lipinski definition) is 6. The van der Waals surface area contributed by atoms with Gasteiger partial charge in [-0.1, -0.05) is 0 Å². The fourth-order valence-electron chi connectivity index (χ4n) is 2.19. The second-order valence-electron chi connectivity index (χ2n) is 4.45. The molecule has 0 atom stereocenters. The summed E-state index contributed by atoms with van der Waals surface area (Å²) in [5.41, 5.74) is 2.12. The molecular formula is C16H18N2O4. The van der Waals surface area contributed by atoms with Crippen LogP contribution in [0.5, 0.6) is 11.5 Å². The molecule has 2 rings (SSSR count). The minimum Gasteiger partial charge on any atom is -0.492 e. The van der Waals surface area contributed by atoms with E-state index in [0.29, 0.717) is 22.9 Å². The van der Waals surface area contributed by atoms with Crippen LogP contribution in [0.1, 0.15) is 23.0 Å². The first-order valence-corrected chi connectivity index (χ1v) is 6.84. The average molecular weight is 302 g/mol. The standard InChI is InChI=1S/C16H18N2O4/c1-5-22-16(19)12-10(2)18-13(11-7-6-8-17-9-11)15(21-4)14(12)20-3/h6-9H,5H2,1-4H3. The van der Waals surface area contributed by atoms with Crippen molar-refractivity contribution in [1.29, 1.82) is 0 Å². The molecule has 0 aliphatic carbocycles. The van der Waals surface area contributed by atoms with E-state index in [1.54, 1.807) is 32.3 Å². The molecule has 0 spiro atoms. The zero-order chi connectivity index (χ0) is 16.1. The van der Waals surface area contributed by atoms with Crippen molar-refractivity contribution in [2.45, 2.75) is 13.8 Å². The second-order valence-corrected chi connectivity index (χ2v) is 4.45. The van der Waals surface area contributed by atoms with E-state index in [9.17, 15) is 4.79 Å². The van der Waals surface area contributed by atoms with Gasteiger partial charge in [-0.3, -0.25) is 4.98 Å². The van der Waals surface area contributed by atoms with Gasteiger partial charge < -0.3 is 14.2 Å². The van der Waals surface area contributed by atoms with Gasteiger partial charge in [0.05, 0.1) is 26.5 Å². The van der Waals surface area contributed by atoms with Crippen molar-refractivity contribution in [3.8, 4) is 22.8 Å². The quantitative estimate of drug-likeness (QED) is 0.791. The topological polar surface area (TPSA) is 70.5 Å². The molecule has 0 aliphatic heterocycles. The van der Waals surface area contributed by atoms with Crippen molar-refractivity contribution >= 4 is 5.97 Å². The van der Waals surface area contributed by atoms with Gasteiger partial charge in [0.2, 0.25) is 0 Å². The molecule has 0 saturated heterocycles. The van der Waals surface area contributed by atoms with Crippen LogP contribution in [0.4, 0.5) is 0 Å². The Balaban J connectivity index is 2.69. The number of pyridine rings is 2. The van der Waals surface area contributed by atoms with E-state index >= 15 is 0 Å². The van der Waals surface area contributed by atoms with Gasteiger partial charge in [-0.05, 0) is 26.0 Å². The van der Waals surface area contributed by atoms with Crippen LogP contribution in [0.2, 0.25) is 0 Å². The first kappa shape index (κ1) is 15.8. The highest BCUT2D eigenvalue weighted by Gasteiger charge is 2.26. The number of nitrogens with zero attached hydrogens (tertiary/aromatic N) is 2. The van der Waals surface area contributed by atoms with Crippen molar-refractivity contribution in [3.63, 3.8) is 0 Å². The van der Waals surface area contributed by atoms with Crippen molar-refractivity contribution in [1.82, 2.24) is 9.97 Å². The monoisotopic (exact) mass is 302 g/mol. The molecule has 0 N–H and O–H groups in total. The number of carbonyl (C=O) groups excluding carboxylic acids is 1. The van der Waals surface area contributed by atoms with E-state index in [4.69, 9.17) is 14.2 Å². The van der Waals surface area contributed by atoms with Gasteiger partial charge in [0.25, 0.3) is 0 Å². The fourth-order valence-corrected chi connectivity index (χ4v) is 2.19. The Bertz CT molecular complexity index is 672. The normalized spacial score (nSPS) is 10.2.